The third kappa shape index (κ3) is 3.50. The lowest BCUT2D eigenvalue weighted by Crippen LogP contribution is -2.37. The average Bonchev–Trinajstić information content (AvgIpc) is 3.09. The van der Waals surface area contributed by atoms with E-state index in [9.17, 15) is 0 Å². The number of hydrogen-bond donors (Lipinski definition) is 0. The van der Waals surface area contributed by atoms with Gasteiger partial charge in [0.25, 0.3) is 0 Å². The molecule has 3 aromatic rings. The van der Waals surface area contributed by atoms with E-state index in [1.54, 1.807) is 24.9 Å². The smallest absolute Gasteiger partial charge is 0.225 e. The van der Waals surface area contributed by atoms with Gasteiger partial charge in [-0.2, -0.15) is 0 Å². The van der Waals surface area contributed by atoms with Crippen LogP contribution in [0.5, 0.6) is 0 Å². The number of nitrogens with zero attached hydrogens (tertiary/aromatic N) is 7. The Bertz CT molecular complexity index is 830. The summed E-state index contributed by atoms with van der Waals surface area (Å²) >= 11 is 0. The minimum Gasteiger partial charge on any atom is -0.341 e. The second-order valence-electron chi connectivity index (χ2n) is 6.49. The van der Waals surface area contributed by atoms with E-state index in [-0.39, 0.29) is 0 Å². The number of aryl methyl sites for hydroxylation is 1. The Morgan fingerprint density at radius 2 is 2.00 bits per heavy atom. The third-order valence-electron chi connectivity index (χ3n) is 4.62. The first-order valence-corrected chi connectivity index (χ1v) is 8.59. The fraction of sp³-hybridized carbons (Fsp3) is 0.389. The Hall–Kier alpha value is -2.83. The van der Waals surface area contributed by atoms with Crippen LogP contribution in [-0.2, 0) is 13.5 Å². The quantitative estimate of drug-likeness (QED) is 0.727. The first-order chi connectivity index (χ1) is 12.3. The zero-order chi connectivity index (χ0) is 17.1. The largest absolute Gasteiger partial charge is 0.341 e. The highest BCUT2D eigenvalue weighted by atomic mass is 15.2. The van der Waals surface area contributed by atoms with E-state index < -0.39 is 0 Å². The van der Waals surface area contributed by atoms with Gasteiger partial charge in [-0.15, -0.1) is 0 Å². The molecule has 3 aromatic heterocycles. The Morgan fingerprint density at radius 3 is 2.80 bits per heavy atom. The monoisotopic (exact) mass is 335 g/mol. The zero-order valence-corrected chi connectivity index (χ0v) is 14.3. The Morgan fingerprint density at radius 1 is 1.12 bits per heavy atom. The van der Waals surface area contributed by atoms with Crippen molar-refractivity contribution in [2.75, 3.05) is 18.0 Å². The fourth-order valence-corrected chi connectivity index (χ4v) is 3.40. The van der Waals surface area contributed by atoms with Crippen molar-refractivity contribution in [3.05, 3.63) is 49.1 Å². The molecule has 1 aliphatic rings. The lowest BCUT2D eigenvalue weighted by atomic mass is 9.93. The first kappa shape index (κ1) is 15.7. The molecule has 1 aliphatic heterocycles. The molecule has 0 radical (unpaired) electrons. The van der Waals surface area contributed by atoms with Gasteiger partial charge in [-0.3, -0.25) is 4.98 Å². The van der Waals surface area contributed by atoms with Gasteiger partial charge in [0.15, 0.2) is 0 Å². The molecule has 0 saturated carbocycles. The van der Waals surface area contributed by atoms with Gasteiger partial charge in [-0.05, 0) is 31.2 Å². The van der Waals surface area contributed by atoms with Crippen molar-refractivity contribution in [3.8, 4) is 11.4 Å². The highest BCUT2D eigenvalue weighted by Gasteiger charge is 2.22. The highest BCUT2D eigenvalue weighted by molar-refractivity contribution is 5.52. The summed E-state index contributed by atoms with van der Waals surface area (Å²) in [6.45, 7) is 1.98. The SMILES string of the molecule is Cn1cncc1-c1cncc(C[C@H]2CCCN(c3ncccn3)C2)n1. The minimum absolute atomic E-state index is 0.536. The van der Waals surface area contributed by atoms with Crippen LogP contribution in [0.4, 0.5) is 5.95 Å². The number of rotatable bonds is 4. The van der Waals surface area contributed by atoms with Crippen molar-refractivity contribution in [1.82, 2.24) is 29.5 Å². The van der Waals surface area contributed by atoms with Gasteiger partial charge in [-0.1, -0.05) is 0 Å². The molecule has 25 heavy (non-hydrogen) atoms. The highest BCUT2D eigenvalue weighted by Crippen LogP contribution is 2.23. The number of piperidine rings is 1. The molecule has 7 heteroatoms. The molecular weight excluding hydrogens is 314 g/mol. The van der Waals surface area contributed by atoms with Gasteiger partial charge < -0.3 is 9.47 Å². The molecular formula is C18H21N7. The van der Waals surface area contributed by atoms with Gasteiger partial charge in [0.05, 0.1) is 30.1 Å². The molecule has 0 N–H and O–H groups in total. The van der Waals surface area contributed by atoms with Gasteiger partial charge in [-0.25, -0.2) is 19.9 Å². The molecule has 128 valence electrons. The lowest BCUT2D eigenvalue weighted by molar-refractivity contribution is 0.406. The normalized spacial score (nSPS) is 17.6. The first-order valence-electron chi connectivity index (χ1n) is 8.59. The van der Waals surface area contributed by atoms with Crippen LogP contribution >= 0.6 is 0 Å². The molecule has 0 bridgehead atoms. The predicted octanol–water partition coefficient (Wildman–Crippen LogP) is 2.13. The van der Waals surface area contributed by atoms with E-state index in [1.807, 2.05) is 30.1 Å². The van der Waals surface area contributed by atoms with Crippen LogP contribution in [0.25, 0.3) is 11.4 Å². The molecule has 0 amide bonds. The Balaban J connectivity index is 1.48. The average molecular weight is 335 g/mol. The predicted molar refractivity (Wildman–Crippen MR) is 94.9 cm³/mol. The maximum absolute atomic E-state index is 4.79. The Labute approximate surface area is 146 Å². The topological polar surface area (TPSA) is 72.6 Å². The maximum Gasteiger partial charge on any atom is 0.225 e. The third-order valence-corrected chi connectivity index (χ3v) is 4.62. The summed E-state index contributed by atoms with van der Waals surface area (Å²) in [6.07, 6.45) is 14.1. The standard InChI is InChI=1S/C18H21N7/c1-24-13-20-11-17(24)16-10-19-9-15(23-16)8-14-4-2-7-25(12-14)18-21-5-3-6-22-18/h3,5-6,9-11,13-14H,2,4,7-8,12H2,1H3/t14-/m1/s1. The number of imidazole rings is 1. The van der Waals surface area contributed by atoms with Crippen molar-refractivity contribution >= 4 is 5.95 Å². The Kier molecular flexibility index (Phi) is 4.37. The second kappa shape index (κ2) is 6.96. The molecule has 0 spiro atoms. The molecule has 4 rings (SSSR count). The minimum atomic E-state index is 0.536. The van der Waals surface area contributed by atoms with E-state index in [2.05, 4.69) is 24.8 Å². The summed E-state index contributed by atoms with van der Waals surface area (Å²) < 4.78 is 1.96. The van der Waals surface area contributed by atoms with Gasteiger partial charge in [0.1, 0.15) is 5.69 Å². The van der Waals surface area contributed by atoms with E-state index in [4.69, 9.17) is 4.98 Å². The van der Waals surface area contributed by atoms with Crippen LogP contribution in [-0.4, -0.2) is 42.6 Å². The van der Waals surface area contributed by atoms with E-state index in [0.717, 1.165) is 49.0 Å². The molecule has 0 unspecified atom stereocenters. The van der Waals surface area contributed by atoms with E-state index >= 15 is 0 Å². The van der Waals surface area contributed by atoms with Gasteiger partial charge in [0.2, 0.25) is 5.95 Å². The molecule has 0 aliphatic carbocycles. The molecule has 1 fully saturated rings. The fourth-order valence-electron chi connectivity index (χ4n) is 3.40. The van der Waals surface area contributed by atoms with Crippen LogP contribution in [0.2, 0.25) is 0 Å². The van der Waals surface area contributed by atoms with Crippen LogP contribution in [0, 0.1) is 5.92 Å². The number of hydrogen-bond acceptors (Lipinski definition) is 6. The summed E-state index contributed by atoms with van der Waals surface area (Å²) in [5, 5.41) is 0. The molecule has 1 saturated heterocycles. The van der Waals surface area contributed by atoms with Crippen LogP contribution in [0.3, 0.4) is 0 Å². The van der Waals surface area contributed by atoms with Gasteiger partial charge >= 0.3 is 0 Å². The summed E-state index contributed by atoms with van der Waals surface area (Å²) in [5.41, 5.74) is 2.88. The number of aromatic nitrogens is 6. The van der Waals surface area contributed by atoms with Crippen molar-refractivity contribution < 1.29 is 0 Å². The van der Waals surface area contributed by atoms with Crippen molar-refractivity contribution in [1.29, 1.82) is 0 Å². The van der Waals surface area contributed by atoms with Crippen molar-refractivity contribution in [2.45, 2.75) is 19.3 Å². The summed E-state index contributed by atoms with van der Waals surface area (Å²) in [7, 11) is 1.97. The molecule has 1 atom stereocenters. The van der Waals surface area contributed by atoms with Crippen LogP contribution in [0.15, 0.2) is 43.4 Å². The zero-order valence-electron chi connectivity index (χ0n) is 14.3. The molecule has 4 heterocycles. The van der Waals surface area contributed by atoms with E-state index in [1.165, 1.54) is 6.42 Å². The van der Waals surface area contributed by atoms with Crippen molar-refractivity contribution in [2.24, 2.45) is 13.0 Å². The second-order valence-corrected chi connectivity index (χ2v) is 6.49. The van der Waals surface area contributed by atoms with Crippen LogP contribution in [0.1, 0.15) is 18.5 Å². The number of anilines is 1. The van der Waals surface area contributed by atoms with Gasteiger partial charge in [0, 0.05) is 38.7 Å². The van der Waals surface area contributed by atoms with E-state index in [0.29, 0.717) is 5.92 Å². The summed E-state index contributed by atoms with van der Waals surface area (Å²) in [6, 6.07) is 1.85. The summed E-state index contributed by atoms with van der Waals surface area (Å²) in [4.78, 5) is 24.4. The van der Waals surface area contributed by atoms with Crippen LogP contribution < -0.4 is 4.90 Å². The maximum atomic E-state index is 4.79. The lowest BCUT2D eigenvalue weighted by Gasteiger charge is -2.32. The summed E-state index contributed by atoms with van der Waals surface area (Å²) in [5.74, 6) is 1.36. The molecule has 7 nitrogen and oxygen atoms in total. The molecule has 0 aromatic carbocycles. The van der Waals surface area contributed by atoms with Crippen molar-refractivity contribution in [3.63, 3.8) is 0 Å².